The van der Waals surface area contributed by atoms with Gasteiger partial charge in [-0.05, 0) is 48.4 Å². The Labute approximate surface area is 159 Å². The summed E-state index contributed by atoms with van der Waals surface area (Å²) in [6, 6.07) is 8.76. The third kappa shape index (κ3) is 3.24. The molecule has 0 saturated heterocycles. The van der Waals surface area contributed by atoms with E-state index >= 15 is 0 Å². The summed E-state index contributed by atoms with van der Waals surface area (Å²) in [7, 11) is 1.75. The number of ether oxygens (including phenoxy) is 1. The van der Waals surface area contributed by atoms with Gasteiger partial charge < -0.3 is 9.84 Å². The number of aryl methyl sites for hydroxylation is 2. The Morgan fingerprint density at radius 3 is 2.20 bits per heavy atom. The minimum atomic E-state index is -0.480. The average molecular weight is 403 g/mol. The second-order valence-electron chi connectivity index (χ2n) is 8.19. The fourth-order valence-electron chi connectivity index (χ4n) is 3.90. The number of alkyl halides is 1. The summed E-state index contributed by atoms with van der Waals surface area (Å²) in [6.07, 6.45) is 0.325. The molecule has 1 aliphatic carbocycles. The summed E-state index contributed by atoms with van der Waals surface area (Å²) in [6.45, 7) is 10.8. The predicted octanol–water partition coefficient (Wildman–Crippen LogP) is 5.63. The first kappa shape index (κ1) is 18.5. The Morgan fingerprint density at radius 2 is 1.68 bits per heavy atom. The molecule has 134 valence electrons. The molecule has 0 saturated carbocycles. The van der Waals surface area contributed by atoms with Crippen LogP contribution in [0.4, 0.5) is 0 Å². The van der Waals surface area contributed by atoms with Crippen LogP contribution in [0.25, 0.3) is 11.1 Å². The lowest BCUT2D eigenvalue weighted by molar-refractivity contribution is 0.187. The molecule has 0 aromatic heterocycles. The average Bonchev–Trinajstić information content (AvgIpc) is 2.78. The summed E-state index contributed by atoms with van der Waals surface area (Å²) in [5, 5.41) is 10.7. The summed E-state index contributed by atoms with van der Waals surface area (Å²) in [4.78, 5) is 0.0482. The van der Waals surface area contributed by atoms with Gasteiger partial charge in [0.1, 0.15) is 5.75 Å². The van der Waals surface area contributed by atoms with Crippen LogP contribution >= 0.6 is 15.9 Å². The van der Waals surface area contributed by atoms with Gasteiger partial charge >= 0.3 is 0 Å². The third-order valence-corrected chi connectivity index (χ3v) is 5.83. The van der Waals surface area contributed by atoms with Crippen molar-refractivity contribution < 1.29 is 9.84 Å². The van der Waals surface area contributed by atoms with Gasteiger partial charge in [0.2, 0.25) is 0 Å². The van der Waals surface area contributed by atoms with E-state index in [4.69, 9.17) is 4.74 Å². The van der Waals surface area contributed by atoms with E-state index in [1.54, 1.807) is 7.11 Å². The fraction of sp³-hybridized carbons (Fsp3) is 0.455. The van der Waals surface area contributed by atoms with Gasteiger partial charge in [0.05, 0.1) is 13.2 Å². The summed E-state index contributed by atoms with van der Waals surface area (Å²) in [5.74, 6) is 0.935. The maximum atomic E-state index is 10.7. The molecule has 0 bridgehead atoms. The molecule has 1 aliphatic rings. The SMILES string of the molecule is COc1c(C(C)(C)C)cc2c(c1-c1cc(C)cc(C)c1)CC(Br)C2O. The maximum Gasteiger partial charge on any atom is 0.130 e. The molecule has 0 aliphatic heterocycles. The van der Waals surface area contributed by atoms with Crippen LogP contribution in [0.5, 0.6) is 5.75 Å². The zero-order valence-electron chi connectivity index (χ0n) is 15.9. The summed E-state index contributed by atoms with van der Waals surface area (Å²) < 4.78 is 5.94. The van der Waals surface area contributed by atoms with Crippen molar-refractivity contribution >= 4 is 15.9 Å². The highest BCUT2D eigenvalue weighted by Crippen LogP contribution is 2.49. The molecule has 2 nitrogen and oxygen atoms in total. The van der Waals surface area contributed by atoms with Crippen LogP contribution in [0.1, 0.15) is 54.7 Å². The summed E-state index contributed by atoms with van der Waals surface area (Å²) >= 11 is 3.65. The Balaban J connectivity index is 2.40. The number of aliphatic hydroxyl groups is 1. The Morgan fingerprint density at radius 1 is 1.08 bits per heavy atom. The Kier molecular flexibility index (Phi) is 4.76. The van der Waals surface area contributed by atoms with Crippen LogP contribution < -0.4 is 4.74 Å². The molecule has 2 aromatic rings. The van der Waals surface area contributed by atoms with E-state index in [-0.39, 0.29) is 10.2 Å². The molecule has 0 spiro atoms. The number of benzene rings is 2. The molecule has 3 heteroatoms. The zero-order chi connectivity index (χ0) is 18.5. The standard InChI is InChI=1S/C22H27BrO2/c1-12-7-13(2)9-14(8-12)19-15-11-18(23)20(24)16(15)10-17(21(19)25-6)22(3,4)5/h7-10,18,20,24H,11H2,1-6H3. The van der Waals surface area contributed by atoms with E-state index in [0.29, 0.717) is 0 Å². The number of hydrogen-bond acceptors (Lipinski definition) is 2. The van der Waals surface area contributed by atoms with Gasteiger partial charge in [-0.2, -0.15) is 0 Å². The van der Waals surface area contributed by atoms with E-state index in [1.807, 2.05) is 0 Å². The first-order valence-corrected chi connectivity index (χ1v) is 9.70. The van der Waals surface area contributed by atoms with Crippen molar-refractivity contribution in [2.45, 2.75) is 57.4 Å². The molecular weight excluding hydrogens is 376 g/mol. The minimum absolute atomic E-state index is 0.0482. The number of hydrogen-bond donors (Lipinski definition) is 1. The monoisotopic (exact) mass is 402 g/mol. The highest BCUT2D eigenvalue weighted by Gasteiger charge is 2.36. The molecule has 3 rings (SSSR count). The fourth-order valence-corrected chi connectivity index (χ4v) is 4.51. The van der Waals surface area contributed by atoms with E-state index < -0.39 is 6.10 Å². The lowest BCUT2D eigenvalue weighted by Crippen LogP contribution is -2.15. The van der Waals surface area contributed by atoms with Gasteiger partial charge in [0.25, 0.3) is 0 Å². The smallest absolute Gasteiger partial charge is 0.130 e. The minimum Gasteiger partial charge on any atom is -0.496 e. The molecule has 25 heavy (non-hydrogen) atoms. The van der Waals surface area contributed by atoms with Crippen molar-refractivity contribution in [1.82, 2.24) is 0 Å². The molecule has 0 radical (unpaired) electrons. The van der Waals surface area contributed by atoms with Gasteiger partial charge in [-0.1, -0.05) is 66.0 Å². The molecule has 0 amide bonds. The van der Waals surface area contributed by atoms with Crippen LogP contribution in [0.3, 0.4) is 0 Å². The van der Waals surface area contributed by atoms with E-state index in [1.165, 1.54) is 22.3 Å². The van der Waals surface area contributed by atoms with Crippen LogP contribution in [-0.4, -0.2) is 17.0 Å². The lowest BCUT2D eigenvalue weighted by atomic mass is 9.81. The number of aliphatic hydroxyl groups excluding tert-OH is 1. The topological polar surface area (TPSA) is 29.5 Å². The zero-order valence-corrected chi connectivity index (χ0v) is 17.5. The Hall–Kier alpha value is -1.32. The van der Waals surface area contributed by atoms with Gasteiger partial charge in [-0.3, -0.25) is 0 Å². The first-order chi connectivity index (χ1) is 11.6. The second kappa shape index (κ2) is 6.44. The second-order valence-corrected chi connectivity index (χ2v) is 9.37. The molecule has 2 atom stereocenters. The normalized spacial score (nSPS) is 19.8. The maximum absolute atomic E-state index is 10.7. The highest BCUT2D eigenvalue weighted by molar-refractivity contribution is 9.09. The molecule has 1 N–H and O–H groups in total. The van der Waals surface area contributed by atoms with Crippen LogP contribution in [0, 0.1) is 13.8 Å². The van der Waals surface area contributed by atoms with Crippen molar-refractivity contribution in [2.24, 2.45) is 0 Å². The van der Waals surface area contributed by atoms with Crippen molar-refractivity contribution in [1.29, 1.82) is 0 Å². The molecule has 0 fully saturated rings. The number of methoxy groups -OCH3 is 1. The van der Waals surface area contributed by atoms with Gasteiger partial charge in [-0.25, -0.2) is 0 Å². The van der Waals surface area contributed by atoms with E-state index in [9.17, 15) is 5.11 Å². The van der Waals surface area contributed by atoms with Gasteiger partial charge in [0.15, 0.2) is 0 Å². The molecule has 2 unspecified atom stereocenters. The van der Waals surface area contributed by atoms with Crippen molar-refractivity contribution in [3.05, 3.63) is 52.1 Å². The summed E-state index contributed by atoms with van der Waals surface area (Å²) in [5.41, 5.74) is 8.08. The van der Waals surface area contributed by atoms with Gasteiger partial charge in [0, 0.05) is 16.0 Å². The number of fused-ring (bicyclic) bond motifs is 1. The largest absolute Gasteiger partial charge is 0.496 e. The lowest BCUT2D eigenvalue weighted by Gasteiger charge is -2.27. The van der Waals surface area contributed by atoms with E-state index in [0.717, 1.165) is 28.9 Å². The number of rotatable bonds is 2. The van der Waals surface area contributed by atoms with Crippen molar-refractivity contribution in [2.75, 3.05) is 7.11 Å². The van der Waals surface area contributed by atoms with E-state index in [2.05, 4.69) is 74.8 Å². The molecular formula is C22H27BrO2. The number of halogens is 1. The van der Waals surface area contributed by atoms with Gasteiger partial charge in [-0.15, -0.1) is 0 Å². The van der Waals surface area contributed by atoms with Crippen LogP contribution in [-0.2, 0) is 11.8 Å². The predicted molar refractivity (Wildman–Crippen MR) is 108 cm³/mol. The quantitative estimate of drug-likeness (QED) is 0.659. The van der Waals surface area contributed by atoms with Crippen molar-refractivity contribution in [3.8, 4) is 16.9 Å². The first-order valence-electron chi connectivity index (χ1n) is 8.78. The third-order valence-electron chi connectivity index (χ3n) is 5.00. The Bertz CT molecular complexity index is 798. The van der Waals surface area contributed by atoms with Crippen molar-refractivity contribution in [3.63, 3.8) is 0 Å². The van der Waals surface area contributed by atoms with Crippen LogP contribution in [0.2, 0.25) is 0 Å². The molecule has 2 aromatic carbocycles. The molecule has 0 heterocycles. The van der Waals surface area contributed by atoms with Crippen LogP contribution in [0.15, 0.2) is 24.3 Å². The highest BCUT2D eigenvalue weighted by atomic mass is 79.9.